The van der Waals surface area contributed by atoms with E-state index in [1.807, 2.05) is 0 Å². The van der Waals surface area contributed by atoms with Crippen molar-refractivity contribution < 1.29 is 4.74 Å². The Morgan fingerprint density at radius 3 is 2.53 bits per heavy atom. The molecule has 0 saturated heterocycles. The number of nitrogens with one attached hydrogen (secondary N) is 1. The molecule has 1 aliphatic carbocycles. The summed E-state index contributed by atoms with van der Waals surface area (Å²) in [5.74, 6) is 0. The van der Waals surface area contributed by atoms with E-state index in [4.69, 9.17) is 4.74 Å². The number of hydrogen-bond acceptors (Lipinski definition) is 2. The van der Waals surface area contributed by atoms with Gasteiger partial charge in [0.05, 0.1) is 12.7 Å². The maximum Gasteiger partial charge on any atom is 0.0594 e. The Morgan fingerprint density at radius 1 is 1.16 bits per heavy atom. The topological polar surface area (TPSA) is 21.3 Å². The van der Waals surface area contributed by atoms with Crippen molar-refractivity contribution in [1.82, 2.24) is 5.32 Å². The summed E-state index contributed by atoms with van der Waals surface area (Å²) in [6, 6.07) is 9.15. The van der Waals surface area contributed by atoms with Crippen molar-refractivity contribution in [3.05, 3.63) is 35.4 Å². The van der Waals surface area contributed by atoms with Gasteiger partial charge in [0.15, 0.2) is 0 Å². The Bertz CT molecular complexity index is 354. The molecule has 19 heavy (non-hydrogen) atoms. The quantitative estimate of drug-likeness (QED) is 0.782. The molecule has 0 spiro atoms. The molecule has 1 fully saturated rings. The minimum atomic E-state index is 0.399. The second-order valence-electron chi connectivity index (χ2n) is 5.72. The maximum absolute atomic E-state index is 5.93. The van der Waals surface area contributed by atoms with Gasteiger partial charge in [0.2, 0.25) is 0 Å². The Hall–Kier alpha value is -0.860. The average molecular weight is 261 g/mol. The highest BCUT2D eigenvalue weighted by Crippen LogP contribution is 2.20. The van der Waals surface area contributed by atoms with Gasteiger partial charge >= 0.3 is 0 Å². The number of aryl methyl sites for hydroxylation is 1. The highest BCUT2D eigenvalue weighted by molar-refractivity contribution is 5.23. The predicted molar refractivity (Wildman–Crippen MR) is 80.4 cm³/mol. The summed E-state index contributed by atoms with van der Waals surface area (Å²) < 4.78 is 5.93. The van der Waals surface area contributed by atoms with Crippen LogP contribution in [0.5, 0.6) is 0 Å². The van der Waals surface area contributed by atoms with Gasteiger partial charge in [-0.1, -0.05) is 49.1 Å². The summed E-state index contributed by atoms with van der Waals surface area (Å²) in [4.78, 5) is 0. The lowest BCUT2D eigenvalue weighted by Crippen LogP contribution is -2.26. The van der Waals surface area contributed by atoms with Gasteiger partial charge in [0.1, 0.15) is 0 Å². The first kappa shape index (κ1) is 14.5. The van der Waals surface area contributed by atoms with Crippen molar-refractivity contribution in [3.63, 3.8) is 0 Å². The molecular weight excluding hydrogens is 234 g/mol. The SMILES string of the molecule is Cc1ccc(C(C)NCCOC2CCCCC2)cc1. The molecule has 106 valence electrons. The van der Waals surface area contributed by atoms with Crippen LogP contribution in [0, 0.1) is 6.92 Å². The van der Waals surface area contributed by atoms with Gasteiger partial charge in [-0.15, -0.1) is 0 Å². The number of benzene rings is 1. The Morgan fingerprint density at radius 2 is 1.84 bits per heavy atom. The second kappa shape index (κ2) is 7.66. The van der Waals surface area contributed by atoms with Crippen molar-refractivity contribution in [2.24, 2.45) is 0 Å². The molecular formula is C17H27NO. The molecule has 0 heterocycles. The van der Waals surface area contributed by atoms with E-state index in [0.29, 0.717) is 12.1 Å². The summed E-state index contributed by atoms with van der Waals surface area (Å²) in [7, 11) is 0. The zero-order chi connectivity index (χ0) is 13.5. The molecule has 0 bridgehead atoms. The van der Waals surface area contributed by atoms with Crippen LogP contribution < -0.4 is 5.32 Å². The van der Waals surface area contributed by atoms with Gasteiger partial charge in [-0.2, -0.15) is 0 Å². The standard InChI is InChI=1S/C17H27NO/c1-14-8-10-16(11-9-14)15(2)18-12-13-19-17-6-4-3-5-7-17/h8-11,15,17-18H,3-7,12-13H2,1-2H3. The minimum Gasteiger partial charge on any atom is -0.377 e. The van der Waals surface area contributed by atoms with Crippen LogP contribution >= 0.6 is 0 Å². The van der Waals surface area contributed by atoms with Gasteiger partial charge in [-0.05, 0) is 32.3 Å². The van der Waals surface area contributed by atoms with E-state index in [2.05, 4.69) is 43.4 Å². The smallest absolute Gasteiger partial charge is 0.0594 e. The summed E-state index contributed by atoms with van der Waals surface area (Å²) in [5, 5.41) is 3.53. The van der Waals surface area contributed by atoms with E-state index >= 15 is 0 Å². The molecule has 0 radical (unpaired) electrons. The molecule has 1 atom stereocenters. The van der Waals surface area contributed by atoms with Crippen molar-refractivity contribution >= 4 is 0 Å². The normalized spacial score (nSPS) is 18.4. The van der Waals surface area contributed by atoms with Crippen LogP contribution in [-0.4, -0.2) is 19.3 Å². The molecule has 2 rings (SSSR count). The number of hydrogen-bond donors (Lipinski definition) is 1. The minimum absolute atomic E-state index is 0.399. The van der Waals surface area contributed by atoms with E-state index in [0.717, 1.165) is 13.2 Å². The molecule has 1 aromatic carbocycles. The maximum atomic E-state index is 5.93. The third-order valence-corrected chi connectivity index (χ3v) is 4.04. The van der Waals surface area contributed by atoms with Gasteiger partial charge in [-0.25, -0.2) is 0 Å². The summed E-state index contributed by atoms with van der Waals surface area (Å²) >= 11 is 0. The van der Waals surface area contributed by atoms with Crippen LogP contribution in [0.1, 0.15) is 56.2 Å². The Balaban J connectivity index is 1.63. The third-order valence-electron chi connectivity index (χ3n) is 4.04. The van der Waals surface area contributed by atoms with E-state index in [-0.39, 0.29) is 0 Å². The lowest BCUT2D eigenvalue weighted by molar-refractivity contribution is 0.0295. The Kier molecular flexibility index (Phi) is 5.87. The zero-order valence-corrected chi connectivity index (χ0v) is 12.3. The van der Waals surface area contributed by atoms with E-state index in [1.165, 1.54) is 43.2 Å². The van der Waals surface area contributed by atoms with Gasteiger partial charge in [0, 0.05) is 12.6 Å². The molecule has 1 saturated carbocycles. The summed E-state index contributed by atoms with van der Waals surface area (Å²) in [6.45, 7) is 6.11. The molecule has 0 aromatic heterocycles. The highest BCUT2D eigenvalue weighted by Gasteiger charge is 2.13. The largest absolute Gasteiger partial charge is 0.377 e. The fourth-order valence-electron chi connectivity index (χ4n) is 2.71. The van der Waals surface area contributed by atoms with E-state index < -0.39 is 0 Å². The van der Waals surface area contributed by atoms with Crippen molar-refractivity contribution in [2.75, 3.05) is 13.2 Å². The van der Waals surface area contributed by atoms with Crippen LogP contribution in [0.4, 0.5) is 0 Å². The fourth-order valence-corrected chi connectivity index (χ4v) is 2.71. The molecule has 0 amide bonds. The van der Waals surface area contributed by atoms with Gasteiger partial charge < -0.3 is 10.1 Å². The van der Waals surface area contributed by atoms with Crippen LogP contribution in [-0.2, 0) is 4.74 Å². The van der Waals surface area contributed by atoms with Crippen LogP contribution in [0.25, 0.3) is 0 Å². The first-order valence-electron chi connectivity index (χ1n) is 7.67. The summed E-state index contributed by atoms with van der Waals surface area (Å²) in [6.07, 6.45) is 7.12. The first-order valence-corrected chi connectivity index (χ1v) is 7.67. The van der Waals surface area contributed by atoms with Gasteiger partial charge in [-0.3, -0.25) is 0 Å². The third kappa shape index (κ3) is 4.96. The van der Waals surface area contributed by atoms with Gasteiger partial charge in [0.25, 0.3) is 0 Å². The van der Waals surface area contributed by atoms with Crippen molar-refractivity contribution in [1.29, 1.82) is 0 Å². The lowest BCUT2D eigenvalue weighted by Gasteiger charge is -2.22. The summed E-state index contributed by atoms with van der Waals surface area (Å²) in [5.41, 5.74) is 2.67. The molecule has 1 N–H and O–H groups in total. The Labute approximate surface area is 117 Å². The monoisotopic (exact) mass is 261 g/mol. The first-order chi connectivity index (χ1) is 9.25. The number of ether oxygens (including phenoxy) is 1. The lowest BCUT2D eigenvalue weighted by atomic mass is 9.98. The van der Waals surface area contributed by atoms with Crippen LogP contribution in [0.15, 0.2) is 24.3 Å². The average Bonchev–Trinajstić information content (AvgIpc) is 2.45. The molecule has 2 heteroatoms. The molecule has 1 unspecified atom stereocenters. The second-order valence-corrected chi connectivity index (χ2v) is 5.72. The van der Waals surface area contributed by atoms with E-state index in [1.54, 1.807) is 0 Å². The predicted octanol–water partition coefficient (Wildman–Crippen LogP) is 3.99. The van der Waals surface area contributed by atoms with E-state index in [9.17, 15) is 0 Å². The van der Waals surface area contributed by atoms with Crippen LogP contribution in [0.3, 0.4) is 0 Å². The van der Waals surface area contributed by atoms with Crippen molar-refractivity contribution in [2.45, 2.75) is 58.1 Å². The van der Waals surface area contributed by atoms with Crippen LogP contribution in [0.2, 0.25) is 0 Å². The molecule has 2 nitrogen and oxygen atoms in total. The fraction of sp³-hybridized carbons (Fsp3) is 0.647. The molecule has 1 aliphatic rings. The molecule has 1 aromatic rings. The molecule has 0 aliphatic heterocycles. The number of rotatable bonds is 6. The zero-order valence-electron chi connectivity index (χ0n) is 12.3. The highest BCUT2D eigenvalue weighted by atomic mass is 16.5. The van der Waals surface area contributed by atoms with Crippen molar-refractivity contribution in [3.8, 4) is 0 Å².